The number of nitrogens with zero attached hydrogens (tertiary/aromatic N) is 2. The summed E-state index contributed by atoms with van der Waals surface area (Å²) in [6, 6.07) is 10.7. The van der Waals surface area contributed by atoms with Crippen LogP contribution in [0.4, 0.5) is 4.39 Å². The molecule has 26 heavy (non-hydrogen) atoms. The smallest absolute Gasteiger partial charge is 0.123 e. The normalized spacial score (nSPS) is 15.9. The maximum absolute atomic E-state index is 13.5. The van der Waals surface area contributed by atoms with E-state index in [2.05, 4.69) is 20.8 Å². The molecule has 6 heteroatoms. The Morgan fingerprint density at radius 3 is 2.69 bits per heavy atom. The predicted octanol–water partition coefficient (Wildman–Crippen LogP) is 5.19. The molecule has 1 saturated heterocycles. The van der Waals surface area contributed by atoms with Crippen LogP contribution in [0.5, 0.6) is 0 Å². The van der Waals surface area contributed by atoms with Crippen molar-refractivity contribution in [2.75, 3.05) is 13.2 Å². The molecule has 0 spiro atoms. The molecule has 1 N–H and O–H groups in total. The van der Waals surface area contributed by atoms with Crippen LogP contribution in [0.2, 0.25) is 5.02 Å². The zero-order valence-corrected chi connectivity index (χ0v) is 14.8. The third kappa shape index (κ3) is 2.42. The Morgan fingerprint density at radius 2 is 1.92 bits per heavy atom. The monoisotopic (exact) mass is 369 g/mol. The fraction of sp³-hybridized carbons (Fsp3) is 0.250. The lowest BCUT2D eigenvalue weighted by Gasteiger charge is -2.24. The molecule has 2 aromatic heterocycles. The quantitative estimate of drug-likeness (QED) is 0.528. The molecule has 0 aliphatic carbocycles. The minimum atomic E-state index is -0.249. The Labute approximate surface area is 154 Å². The van der Waals surface area contributed by atoms with Crippen molar-refractivity contribution in [3.8, 4) is 5.69 Å². The highest BCUT2D eigenvalue weighted by atomic mass is 35.5. The third-order valence-electron chi connectivity index (χ3n) is 5.19. The first-order valence-electron chi connectivity index (χ1n) is 8.73. The van der Waals surface area contributed by atoms with Gasteiger partial charge in [-0.05, 0) is 49.2 Å². The molecule has 1 aliphatic rings. The number of rotatable bonds is 2. The molecule has 3 heterocycles. The topological polar surface area (TPSA) is 42.8 Å². The van der Waals surface area contributed by atoms with Crippen molar-refractivity contribution in [2.24, 2.45) is 0 Å². The summed E-state index contributed by atoms with van der Waals surface area (Å²) < 4.78 is 21.2. The number of benzene rings is 2. The summed E-state index contributed by atoms with van der Waals surface area (Å²) in [5.74, 6) is 0.0614. The highest BCUT2D eigenvalue weighted by Gasteiger charge is 2.26. The molecular weight excluding hydrogens is 353 g/mol. The number of H-pyrrole nitrogens is 1. The van der Waals surface area contributed by atoms with Gasteiger partial charge in [0.05, 0.1) is 22.3 Å². The molecule has 2 aromatic carbocycles. The molecule has 5 rings (SSSR count). The van der Waals surface area contributed by atoms with Crippen molar-refractivity contribution in [2.45, 2.75) is 18.8 Å². The minimum Gasteiger partial charge on any atom is -0.381 e. The molecule has 0 saturated carbocycles. The van der Waals surface area contributed by atoms with Gasteiger partial charge in [0.2, 0.25) is 0 Å². The van der Waals surface area contributed by atoms with Crippen LogP contribution in [0.25, 0.3) is 27.5 Å². The van der Waals surface area contributed by atoms with Gasteiger partial charge in [0, 0.05) is 41.3 Å². The van der Waals surface area contributed by atoms with Gasteiger partial charge in [-0.3, -0.25) is 5.10 Å². The maximum Gasteiger partial charge on any atom is 0.123 e. The summed E-state index contributed by atoms with van der Waals surface area (Å²) in [7, 11) is 0. The third-order valence-corrected chi connectivity index (χ3v) is 5.59. The summed E-state index contributed by atoms with van der Waals surface area (Å²) >= 11 is 6.87. The van der Waals surface area contributed by atoms with Gasteiger partial charge in [-0.1, -0.05) is 11.6 Å². The van der Waals surface area contributed by atoms with Gasteiger partial charge >= 0.3 is 0 Å². The lowest BCUT2D eigenvalue weighted by Crippen LogP contribution is -2.17. The molecule has 0 atom stereocenters. The SMILES string of the molecule is Fc1ccc(-n2c(C3CCOCC3)c(Cl)c3cc4[nH]ncc4cc32)cc1. The van der Waals surface area contributed by atoms with E-state index in [0.29, 0.717) is 5.92 Å². The van der Waals surface area contributed by atoms with Gasteiger partial charge in [0.15, 0.2) is 0 Å². The molecule has 4 nitrogen and oxygen atoms in total. The predicted molar refractivity (Wildman–Crippen MR) is 101 cm³/mol. The Balaban J connectivity index is 1.83. The number of aromatic amines is 1. The maximum atomic E-state index is 13.5. The highest BCUT2D eigenvalue weighted by molar-refractivity contribution is 6.37. The molecule has 0 bridgehead atoms. The van der Waals surface area contributed by atoms with Gasteiger partial charge in [-0.15, -0.1) is 0 Å². The molecule has 1 fully saturated rings. The van der Waals surface area contributed by atoms with Gasteiger partial charge in [0.1, 0.15) is 5.82 Å². The van der Waals surface area contributed by atoms with E-state index >= 15 is 0 Å². The molecule has 0 unspecified atom stereocenters. The number of halogens is 2. The van der Waals surface area contributed by atoms with E-state index in [-0.39, 0.29) is 5.82 Å². The van der Waals surface area contributed by atoms with Crippen LogP contribution in [0.15, 0.2) is 42.6 Å². The number of fused-ring (bicyclic) bond motifs is 2. The second kappa shape index (κ2) is 6.11. The highest BCUT2D eigenvalue weighted by Crippen LogP contribution is 2.42. The van der Waals surface area contributed by atoms with E-state index in [1.54, 1.807) is 18.3 Å². The molecule has 0 radical (unpaired) electrons. The first-order valence-corrected chi connectivity index (χ1v) is 9.11. The molecular formula is C20H17ClFN3O. The first-order chi connectivity index (χ1) is 12.7. The van der Waals surface area contributed by atoms with Gasteiger partial charge in [-0.25, -0.2) is 4.39 Å². The van der Waals surface area contributed by atoms with Crippen molar-refractivity contribution in [3.05, 3.63) is 59.1 Å². The van der Waals surface area contributed by atoms with Gasteiger partial charge < -0.3 is 9.30 Å². The first kappa shape index (κ1) is 15.9. The van der Waals surface area contributed by atoms with Crippen LogP contribution >= 0.6 is 11.6 Å². The number of ether oxygens (including phenoxy) is 1. The Kier molecular flexibility index (Phi) is 3.72. The fourth-order valence-corrected chi connectivity index (χ4v) is 4.30. The van der Waals surface area contributed by atoms with Crippen molar-refractivity contribution >= 4 is 33.4 Å². The second-order valence-corrected chi connectivity index (χ2v) is 7.10. The van der Waals surface area contributed by atoms with E-state index < -0.39 is 0 Å². The van der Waals surface area contributed by atoms with Gasteiger partial charge in [-0.2, -0.15) is 5.10 Å². The minimum absolute atomic E-state index is 0.249. The summed E-state index contributed by atoms with van der Waals surface area (Å²) in [6.07, 6.45) is 3.66. The molecule has 1 aliphatic heterocycles. The van der Waals surface area contributed by atoms with E-state index in [0.717, 1.165) is 64.3 Å². The second-order valence-electron chi connectivity index (χ2n) is 6.72. The lowest BCUT2D eigenvalue weighted by atomic mass is 9.96. The largest absolute Gasteiger partial charge is 0.381 e. The number of hydrogen-bond donors (Lipinski definition) is 1. The van der Waals surface area contributed by atoms with Crippen LogP contribution in [0, 0.1) is 5.82 Å². The average molecular weight is 370 g/mol. The summed E-state index contributed by atoms with van der Waals surface area (Å²) in [5.41, 5.74) is 3.95. The molecule has 0 amide bonds. The van der Waals surface area contributed by atoms with E-state index in [9.17, 15) is 4.39 Å². The fourth-order valence-electron chi connectivity index (χ4n) is 3.91. The standard InChI is InChI=1S/C20H17ClFN3O/c21-19-16-10-17-13(11-23-24-17)9-18(16)25(15-3-1-14(22)2-4-15)20(19)12-5-7-26-8-6-12/h1-4,9-12H,5-8H2,(H,23,24). The van der Waals surface area contributed by atoms with Crippen molar-refractivity contribution < 1.29 is 9.13 Å². The van der Waals surface area contributed by atoms with E-state index in [1.165, 1.54) is 12.1 Å². The van der Waals surface area contributed by atoms with E-state index in [1.807, 2.05) is 6.07 Å². The number of aromatic nitrogens is 3. The summed E-state index contributed by atoms with van der Waals surface area (Å²) in [5, 5.41) is 9.88. The van der Waals surface area contributed by atoms with Crippen molar-refractivity contribution in [1.29, 1.82) is 0 Å². The Morgan fingerprint density at radius 1 is 1.15 bits per heavy atom. The summed E-state index contributed by atoms with van der Waals surface area (Å²) in [4.78, 5) is 0. The average Bonchev–Trinajstić information content (AvgIpc) is 3.24. The molecule has 132 valence electrons. The van der Waals surface area contributed by atoms with Crippen molar-refractivity contribution in [3.63, 3.8) is 0 Å². The summed E-state index contributed by atoms with van der Waals surface area (Å²) in [6.45, 7) is 1.47. The lowest BCUT2D eigenvalue weighted by molar-refractivity contribution is 0.0843. The number of hydrogen-bond acceptors (Lipinski definition) is 2. The van der Waals surface area contributed by atoms with Gasteiger partial charge in [0.25, 0.3) is 0 Å². The van der Waals surface area contributed by atoms with Crippen LogP contribution < -0.4 is 0 Å². The van der Waals surface area contributed by atoms with Crippen LogP contribution in [0.1, 0.15) is 24.5 Å². The van der Waals surface area contributed by atoms with Crippen molar-refractivity contribution in [1.82, 2.24) is 14.8 Å². The van der Waals surface area contributed by atoms with Crippen LogP contribution in [-0.4, -0.2) is 28.0 Å². The van der Waals surface area contributed by atoms with Crippen LogP contribution in [0.3, 0.4) is 0 Å². The van der Waals surface area contributed by atoms with Crippen LogP contribution in [-0.2, 0) is 4.74 Å². The number of nitrogens with one attached hydrogen (secondary N) is 1. The van der Waals surface area contributed by atoms with E-state index in [4.69, 9.17) is 16.3 Å². The Bertz CT molecular complexity index is 1090. The zero-order valence-electron chi connectivity index (χ0n) is 14.0. The zero-order chi connectivity index (χ0) is 17.7. The molecule has 4 aromatic rings. The Hall–Kier alpha value is -2.37.